The third-order valence-electron chi connectivity index (χ3n) is 5.19. The summed E-state index contributed by atoms with van der Waals surface area (Å²) in [4.78, 5) is 26.8. The van der Waals surface area contributed by atoms with Gasteiger partial charge in [0.1, 0.15) is 12.3 Å². The van der Waals surface area contributed by atoms with Crippen molar-refractivity contribution in [2.45, 2.75) is 32.8 Å². The summed E-state index contributed by atoms with van der Waals surface area (Å²) in [5.74, 6) is 0.608. The highest BCUT2D eigenvalue weighted by atomic mass is 16.5. The Balaban J connectivity index is 1.30. The van der Waals surface area contributed by atoms with Gasteiger partial charge < -0.3 is 10.1 Å². The zero-order valence-electron chi connectivity index (χ0n) is 17.4. The summed E-state index contributed by atoms with van der Waals surface area (Å²) in [6.07, 6.45) is 1.81. The van der Waals surface area contributed by atoms with Crippen molar-refractivity contribution in [2.75, 3.05) is 18.0 Å². The first-order chi connectivity index (χ1) is 14.5. The van der Waals surface area contributed by atoms with E-state index in [2.05, 4.69) is 11.4 Å². The molecule has 2 amide bonds. The Bertz CT molecular complexity index is 1090. The lowest BCUT2D eigenvalue weighted by Gasteiger charge is -2.17. The van der Waals surface area contributed by atoms with Gasteiger partial charge in [0.2, 0.25) is 5.91 Å². The summed E-state index contributed by atoms with van der Waals surface area (Å²) < 4.78 is 5.73. The maximum atomic E-state index is 12.8. The van der Waals surface area contributed by atoms with E-state index in [1.807, 2.05) is 68.4 Å². The Morgan fingerprint density at radius 2 is 1.83 bits per heavy atom. The predicted molar refractivity (Wildman–Crippen MR) is 119 cm³/mol. The first-order valence-electron chi connectivity index (χ1n) is 10.4. The minimum atomic E-state index is -0.148. The first kappa shape index (κ1) is 20.0. The van der Waals surface area contributed by atoms with Crippen molar-refractivity contribution in [3.63, 3.8) is 0 Å². The van der Waals surface area contributed by atoms with Crippen molar-refractivity contribution in [3.8, 4) is 5.75 Å². The minimum Gasteiger partial charge on any atom is -0.491 e. The van der Waals surface area contributed by atoms with Crippen LogP contribution in [0.15, 0.2) is 60.7 Å². The van der Waals surface area contributed by atoms with E-state index in [1.165, 1.54) is 5.56 Å². The molecule has 0 aromatic heterocycles. The third-order valence-corrected chi connectivity index (χ3v) is 5.19. The number of ether oxygens (including phenoxy) is 1. The van der Waals surface area contributed by atoms with Crippen LogP contribution in [0.5, 0.6) is 5.75 Å². The molecule has 0 atom stereocenters. The van der Waals surface area contributed by atoms with Crippen molar-refractivity contribution in [2.24, 2.45) is 0 Å². The zero-order valence-corrected chi connectivity index (χ0v) is 17.4. The second-order valence-corrected chi connectivity index (χ2v) is 7.84. The van der Waals surface area contributed by atoms with Crippen LogP contribution < -0.4 is 15.0 Å². The molecule has 0 fully saturated rings. The Kier molecular flexibility index (Phi) is 5.70. The van der Waals surface area contributed by atoms with E-state index in [1.54, 1.807) is 4.90 Å². The predicted octanol–water partition coefficient (Wildman–Crippen LogP) is 4.34. The standard InChI is InChI=1S/C25H26N2O3/c1-17(2)30-20-11-3-7-18(15-20)8-6-14-26-23(28)16-27-22-13-5-10-19-9-4-12-21(24(19)22)25(27)29/h3-5,7,9-13,15,17H,6,8,14,16H2,1-2H3,(H,26,28). The number of carbonyl (C=O) groups excluding carboxylic acids is 2. The molecule has 4 rings (SSSR count). The van der Waals surface area contributed by atoms with Gasteiger partial charge in [-0.25, -0.2) is 0 Å². The molecule has 1 heterocycles. The van der Waals surface area contributed by atoms with Gasteiger partial charge in [0.25, 0.3) is 5.91 Å². The fourth-order valence-corrected chi connectivity index (χ4v) is 3.90. The molecule has 0 saturated heterocycles. The van der Waals surface area contributed by atoms with Crippen LogP contribution in [0.3, 0.4) is 0 Å². The van der Waals surface area contributed by atoms with Gasteiger partial charge in [0.05, 0.1) is 11.8 Å². The van der Waals surface area contributed by atoms with E-state index < -0.39 is 0 Å². The molecular formula is C25H26N2O3. The van der Waals surface area contributed by atoms with Gasteiger partial charge in [-0.2, -0.15) is 0 Å². The second-order valence-electron chi connectivity index (χ2n) is 7.84. The van der Waals surface area contributed by atoms with Crippen molar-refractivity contribution in [1.29, 1.82) is 0 Å². The lowest BCUT2D eigenvalue weighted by molar-refractivity contribution is -0.119. The molecule has 0 radical (unpaired) electrons. The highest BCUT2D eigenvalue weighted by Crippen LogP contribution is 2.36. The Labute approximate surface area is 176 Å². The van der Waals surface area contributed by atoms with Crippen LogP contribution in [0.1, 0.15) is 36.2 Å². The summed E-state index contributed by atoms with van der Waals surface area (Å²) in [5, 5.41) is 4.89. The molecule has 154 valence electrons. The van der Waals surface area contributed by atoms with Gasteiger partial charge >= 0.3 is 0 Å². The van der Waals surface area contributed by atoms with Crippen molar-refractivity contribution < 1.29 is 14.3 Å². The van der Waals surface area contributed by atoms with Crippen LogP contribution in [-0.4, -0.2) is 31.0 Å². The summed E-state index contributed by atoms with van der Waals surface area (Å²) in [5.41, 5.74) is 2.66. The third kappa shape index (κ3) is 4.15. The van der Waals surface area contributed by atoms with Crippen LogP contribution in [0.2, 0.25) is 0 Å². The topological polar surface area (TPSA) is 58.6 Å². The Hall–Kier alpha value is -3.34. The quantitative estimate of drug-likeness (QED) is 0.571. The second kappa shape index (κ2) is 8.57. The van der Waals surface area contributed by atoms with Gasteiger partial charge in [-0.15, -0.1) is 0 Å². The van der Waals surface area contributed by atoms with E-state index in [0.717, 1.165) is 35.1 Å². The van der Waals surface area contributed by atoms with Crippen molar-refractivity contribution in [3.05, 3.63) is 71.8 Å². The molecule has 1 aliphatic rings. The largest absolute Gasteiger partial charge is 0.491 e. The van der Waals surface area contributed by atoms with E-state index in [0.29, 0.717) is 12.1 Å². The monoisotopic (exact) mass is 402 g/mol. The summed E-state index contributed by atoms with van der Waals surface area (Å²) in [7, 11) is 0. The van der Waals surface area contributed by atoms with Gasteiger partial charge in [-0.05, 0) is 61.9 Å². The average Bonchev–Trinajstić information content (AvgIpc) is 2.99. The number of hydrogen-bond acceptors (Lipinski definition) is 3. The molecule has 1 aliphatic heterocycles. The number of carbonyl (C=O) groups is 2. The van der Waals surface area contributed by atoms with Gasteiger partial charge in [0, 0.05) is 17.5 Å². The van der Waals surface area contributed by atoms with Gasteiger partial charge in [0.15, 0.2) is 0 Å². The van der Waals surface area contributed by atoms with Crippen molar-refractivity contribution in [1.82, 2.24) is 5.32 Å². The highest BCUT2D eigenvalue weighted by molar-refractivity contribution is 6.26. The van der Waals surface area contributed by atoms with E-state index in [9.17, 15) is 9.59 Å². The minimum absolute atomic E-state index is 0.0321. The molecule has 5 heteroatoms. The normalized spacial score (nSPS) is 12.6. The average molecular weight is 402 g/mol. The number of rotatable bonds is 8. The Morgan fingerprint density at radius 3 is 2.63 bits per heavy atom. The number of aryl methyl sites for hydroxylation is 1. The van der Waals surface area contributed by atoms with Gasteiger partial charge in [-0.1, -0.05) is 36.4 Å². The maximum absolute atomic E-state index is 12.8. The summed E-state index contributed by atoms with van der Waals surface area (Å²) in [6.45, 7) is 4.61. The molecule has 3 aromatic rings. The lowest BCUT2D eigenvalue weighted by Crippen LogP contribution is -2.39. The van der Waals surface area contributed by atoms with Crippen LogP contribution in [-0.2, 0) is 11.2 Å². The maximum Gasteiger partial charge on any atom is 0.259 e. The van der Waals surface area contributed by atoms with E-state index >= 15 is 0 Å². The number of nitrogens with one attached hydrogen (secondary N) is 1. The SMILES string of the molecule is CC(C)Oc1cccc(CCCNC(=O)CN2C(=O)c3cccc4cccc2c34)c1. The number of hydrogen-bond donors (Lipinski definition) is 1. The number of benzene rings is 3. The molecule has 5 nitrogen and oxygen atoms in total. The Morgan fingerprint density at radius 1 is 1.07 bits per heavy atom. The number of nitrogens with zero attached hydrogens (tertiary/aromatic N) is 1. The van der Waals surface area contributed by atoms with E-state index in [-0.39, 0.29) is 24.5 Å². The lowest BCUT2D eigenvalue weighted by atomic mass is 10.1. The fraction of sp³-hybridized carbons (Fsp3) is 0.280. The molecule has 0 saturated carbocycles. The molecule has 0 bridgehead atoms. The summed E-state index contributed by atoms with van der Waals surface area (Å²) >= 11 is 0. The van der Waals surface area contributed by atoms with Crippen LogP contribution in [0.4, 0.5) is 5.69 Å². The molecule has 3 aromatic carbocycles. The van der Waals surface area contributed by atoms with Crippen molar-refractivity contribution >= 4 is 28.3 Å². The van der Waals surface area contributed by atoms with Crippen LogP contribution >= 0.6 is 0 Å². The smallest absolute Gasteiger partial charge is 0.259 e. The molecule has 0 aliphatic carbocycles. The van der Waals surface area contributed by atoms with Crippen LogP contribution in [0, 0.1) is 0 Å². The molecule has 0 unspecified atom stereocenters. The van der Waals surface area contributed by atoms with Crippen LogP contribution in [0.25, 0.3) is 10.8 Å². The fourth-order valence-electron chi connectivity index (χ4n) is 3.90. The molecule has 30 heavy (non-hydrogen) atoms. The highest BCUT2D eigenvalue weighted by Gasteiger charge is 2.30. The molecule has 1 N–H and O–H groups in total. The number of amides is 2. The molecule has 0 spiro atoms. The number of anilines is 1. The zero-order chi connectivity index (χ0) is 21.1. The first-order valence-corrected chi connectivity index (χ1v) is 10.4. The van der Waals surface area contributed by atoms with E-state index in [4.69, 9.17) is 4.74 Å². The van der Waals surface area contributed by atoms with Gasteiger partial charge in [-0.3, -0.25) is 14.5 Å². The molecular weight excluding hydrogens is 376 g/mol. The summed E-state index contributed by atoms with van der Waals surface area (Å²) in [6, 6.07) is 19.5.